The molecule has 1 N–H and O–H groups in total. The number of hydrogen-bond acceptors (Lipinski definition) is 6. The van der Waals surface area contributed by atoms with Crippen LogP contribution in [0.25, 0.3) is 0 Å². The Bertz CT molecular complexity index is 613. The number of nitrogens with one attached hydrogen (secondary N) is 1. The van der Waals surface area contributed by atoms with Crippen LogP contribution < -0.4 is 10.2 Å². The monoisotopic (exact) mass is 294 g/mol. The van der Waals surface area contributed by atoms with Crippen LogP contribution in [0.5, 0.6) is 0 Å². The van der Waals surface area contributed by atoms with Crippen molar-refractivity contribution < 1.29 is 14.3 Å². The van der Waals surface area contributed by atoms with Crippen LogP contribution >= 0.6 is 11.6 Å². The minimum Gasteiger partial charge on any atom is -0.457 e. The van der Waals surface area contributed by atoms with Crippen LogP contribution in [0.4, 0.5) is 11.5 Å². The smallest absolute Gasteiger partial charge is 0.253 e. The van der Waals surface area contributed by atoms with Crippen LogP contribution in [0, 0.1) is 0 Å². The SMILES string of the molecule is O=C1Nc2nnc(Cl)cc2N2CCC3(CC12)OC=CO3. The Kier molecular flexibility index (Phi) is 2.35. The van der Waals surface area contributed by atoms with Gasteiger partial charge in [0.15, 0.2) is 11.0 Å². The number of anilines is 2. The number of nitrogens with zero attached hydrogens (tertiary/aromatic N) is 3. The van der Waals surface area contributed by atoms with Gasteiger partial charge >= 0.3 is 0 Å². The number of aromatic nitrogens is 2. The Morgan fingerprint density at radius 1 is 1.40 bits per heavy atom. The molecule has 20 heavy (non-hydrogen) atoms. The molecule has 4 heterocycles. The van der Waals surface area contributed by atoms with Crippen molar-refractivity contribution in [3.63, 3.8) is 0 Å². The molecule has 104 valence electrons. The van der Waals surface area contributed by atoms with Gasteiger partial charge in [-0.25, -0.2) is 0 Å². The second-order valence-electron chi connectivity index (χ2n) is 4.97. The number of halogens is 1. The highest BCUT2D eigenvalue weighted by molar-refractivity contribution is 6.29. The summed E-state index contributed by atoms with van der Waals surface area (Å²) in [4.78, 5) is 14.2. The van der Waals surface area contributed by atoms with Crippen molar-refractivity contribution in [2.24, 2.45) is 0 Å². The van der Waals surface area contributed by atoms with Gasteiger partial charge in [0, 0.05) is 19.0 Å². The van der Waals surface area contributed by atoms with E-state index in [9.17, 15) is 4.79 Å². The fraction of sp³-hybridized carbons (Fsp3) is 0.417. The summed E-state index contributed by atoms with van der Waals surface area (Å²) in [5, 5.41) is 10.7. The lowest BCUT2D eigenvalue weighted by Crippen LogP contribution is -2.58. The molecule has 7 nitrogen and oxygen atoms in total. The van der Waals surface area contributed by atoms with E-state index >= 15 is 0 Å². The standard InChI is InChI=1S/C12H11ClN4O3/c13-9-5-7-10(16-15-9)14-11(18)8-6-12(1-2-17(7)8)19-3-4-20-12/h3-5,8H,1-2,6H2,(H,14,16,18). The Labute approximate surface area is 119 Å². The van der Waals surface area contributed by atoms with Gasteiger partial charge in [0.2, 0.25) is 5.91 Å². The Morgan fingerprint density at radius 3 is 3.00 bits per heavy atom. The summed E-state index contributed by atoms with van der Waals surface area (Å²) in [6.45, 7) is 0.620. The highest BCUT2D eigenvalue weighted by Crippen LogP contribution is 2.41. The van der Waals surface area contributed by atoms with Crippen LogP contribution in [0.2, 0.25) is 5.15 Å². The van der Waals surface area contributed by atoms with Crippen molar-refractivity contribution in [1.29, 1.82) is 0 Å². The van der Waals surface area contributed by atoms with Gasteiger partial charge in [0.1, 0.15) is 18.6 Å². The van der Waals surface area contributed by atoms with Gasteiger partial charge in [-0.1, -0.05) is 11.6 Å². The molecule has 0 radical (unpaired) electrons. The zero-order valence-corrected chi connectivity index (χ0v) is 11.1. The summed E-state index contributed by atoms with van der Waals surface area (Å²) >= 11 is 5.89. The van der Waals surface area contributed by atoms with Gasteiger partial charge < -0.3 is 19.7 Å². The number of ether oxygens (including phenoxy) is 2. The molecule has 0 aliphatic carbocycles. The van der Waals surface area contributed by atoms with E-state index in [2.05, 4.69) is 15.5 Å². The molecule has 0 aromatic carbocycles. The molecule has 1 aromatic rings. The molecule has 1 saturated heterocycles. The summed E-state index contributed by atoms with van der Waals surface area (Å²) in [5.41, 5.74) is 0.787. The molecule has 0 bridgehead atoms. The molecule has 1 amide bonds. The zero-order chi connectivity index (χ0) is 13.7. The average molecular weight is 295 g/mol. The van der Waals surface area contributed by atoms with Crippen LogP contribution in [0.3, 0.4) is 0 Å². The number of fused-ring (bicyclic) bond motifs is 3. The van der Waals surface area contributed by atoms with Gasteiger partial charge in [-0.2, -0.15) is 0 Å². The lowest BCUT2D eigenvalue weighted by Gasteiger charge is -2.45. The number of piperidine rings is 1. The van der Waals surface area contributed by atoms with Gasteiger partial charge in [0.05, 0.1) is 12.1 Å². The molecule has 0 saturated carbocycles. The molecule has 1 unspecified atom stereocenters. The maximum absolute atomic E-state index is 12.2. The molecule has 3 aliphatic rings. The van der Waals surface area contributed by atoms with Crippen LogP contribution in [0.15, 0.2) is 18.6 Å². The second kappa shape index (κ2) is 3.99. The summed E-state index contributed by atoms with van der Waals surface area (Å²) in [5.74, 6) is -0.412. The maximum atomic E-state index is 12.2. The number of carbonyl (C=O) groups is 1. The predicted molar refractivity (Wildman–Crippen MR) is 70.1 cm³/mol. The third kappa shape index (κ3) is 1.62. The van der Waals surface area contributed by atoms with Gasteiger partial charge in [-0.3, -0.25) is 4.79 Å². The Morgan fingerprint density at radius 2 is 2.20 bits per heavy atom. The largest absolute Gasteiger partial charge is 0.457 e. The molecule has 8 heteroatoms. The minimum absolute atomic E-state index is 0.132. The van der Waals surface area contributed by atoms with Crippen molar-refractivity contribution in [3.8, 4) is 0 Å². The predicted octanol–water partition coefficient (Wildman–Crippen LogP) is 1.27. The van der Waals surface area contributed by atoms with E-state index in [1.165, 1.54) is 12.5 Å². The number of carbonyl (C=O) groups excluding carboxylic acids is 1. The lowest BCUT2D eigenvalue weighted by atomic mass is 9.93. The first-order valence-electron chi connectivity index (χ1n) is 6.28. The number of hydrogen-bond donors (Lipinski definition) is 1. The molecular formula is C12H11ClN4O3. The molecule has 1 fully saturated rings. The third-order valence-corrected chi connectivity index (χ3v) is 4.02. The van der Waals surface area contributed by atoms with Crippen molar-refractivity contribution in [2.75, 3.05) is 16.8 Å². The molecule has 1 spiro atoms. The van der Waals surface area contributed by atoms with Crippen LogP contribution in [0.1, 0.15) is 12.8 Å². The van der Waals surface area contributed by atoms with E-state index in [1.807, 2.05) is 4.90 Å². The highest BCUT2D eigenvalue weighted by Gasteiger charge is 2.49. The Balaban J connectivity index is 1.70. The first kappa shape index (κ1) is 11.8. The summed E-state index contributed by atoms with van der Waals surface area (Å²) in [7, 11) is 0. The van der Waals surface area contributed by atoms with Gasteiger partial charge in [-0.05, 0) is 0 Å². The number of amides is 1. The normalized spacial score (nSPS) is 25.6. The fourth-order valence-corrected chi connectivity index (χ4v) is 3.03. The van der Waals surface area contributed by atoms with Crippen molar-refractivity contribution in [3.05, 3.63) is 23.7 Å². The third-order valence-electron chi connectivity index (χ3n) is 3.83. The van der Waals surface area contributed by atoms with Gasteiger partial charge in [0.25, 0.3) is 5.79 Å². The first-order chi connectivity index (χ1) is 9.67. The summed E-state index contributed by atoms with van der Waals surface area (Å²) in [6, 6.07) is 1.35. The van der Waals surface area contributed by atoms with Crippen molar-refractivity contribution in [2.45, 2.75) is 24.7 Å². The Hall–Kier alpha value is -2.02. The second-order valence-corrected chi connectivity index (χ2v) is 5.36. The van der Waals surface area contributed by atoms with E-state index < -0.39 is 5.79 Å². The highest BCUT2D eigenvalue weighted by atomic mass is 35.5. The minimum atomic E-state index is -0.722. The quantitative estimate of drug-likeness (QED) is 0.776. The molecule has 1 atom stereocenters. The van der Waals surface area contributed by atoms with Gasteiger partial charge in [-0.15, -0.1) is 10.2 Å². The lowest BCUT2D eigenvalue weighted by molar-refractivity contribution is -0.164. The molecule has 3 aliphatic heterocycles. The van der Waals surface area contributed by atoms with Crippen molar-refractivity contribution in [1.82, 2.24) is 10.2 Å². The number of rotatable bonds is 0. The van der Waals surface area contributed by atoms with E-state index in [0.717, 1.165) is 5.69 Å². The fourth-order valence-electron chi connectivity index (χ4n) is 2.89. The van der Waals surface area contributed by atoms with E-state index in [-0.39, 0.29) is 11.9 Å². The van der Waals surface area contributed by atoms with E-state index in [4.69, 9.17) is 21.1 Å². The van der Waals surface area contributed by atoms with Crippen molar-refractivity contribution >= 4 is 29.0 Å². The zero-order valence-electron chi connectivity index (χ0n) is 10.4. The van der Waals surface area contributed by atoms with E-state index in [0.29, 0.717) is 30.4 Å². The van der Waals surface area contributed by atoms with Crippen LogP contribution in [-0.4, -0.2) is 34.5 Å². The maximum Gasteiger partial charge on any atom is 0.253 e. The average Bonchev–Trinajstić information content (AvgIpc) is 2.88. The molecule has 4 rings (SSSR count). The summed E-state index contributed by atoms with van der Waals surface area (Å²) < 4.78 is 11.1. The topological polar surface area (TPSA) is 76.6 Å². The van der Waals surface area contributed by atoms with E-state index in [1.54, 1.807) is 6.07 Å². The first-order valence-corrected chi connectivity index (χ1v) is 6.66. The molecule has 1 aromatic heterocycles. The van der Waals surface area contributed by atoms with Crippen LogP contribution in [-0.2, 0) is 14.3 Å². The molecular weight excluding hydrogens is 284 g/mol. The summed E-state index contributed by atoms with van der Waals surface area (Å²) in [6.07, 6.45) is 4.15.